The molecule has 0 saturated carbocycles. The predicted molar refractivity (Wildman–Crippen MR) is 63.0 cm³/mol. The highest BCUT2D eigenvalue weighted by molar-refractivity contribution is 5.69. The zero-order valence-electron chi connectivity index (χ0n) is 8.99. The maximum atomic E-state index is 9.47. The van der Waals surface area contributed by atoms with Gasteiger partial charge in [-0.15, -0.1) is 0 Å². The van der Waals surface area contributed by atoms with E-state index in [0.29, 0.717) is 5.75 Å². The second kappa shape index (κ2) is 3.77. The number of phenols is 1. The Morgan fingerprint density at radius 3 is 2.47 bits per heavy atom. The van der Waals surface area contributed by atoms with Crippen LogP contribution in [0.2, 0.25) is 0 Å². The molecule has 0 aliphatic rings. The third-order valence-electron chi connectivity index (χ3n) is 2.55. The summed E-state index contributed by atoms with van der Waals surface area (Å²) in [5.74, 6) is 0.317. The predicted octanol–water partition coefficient (Wildman–Crippen LogP) is 3.68. The van der Waals surface area contributed by atoms with Crippen LogP contribution in [-0.2, 0) is 0 Å². The molecule has 15 heavy (non-hydrogen) atoms. The third kappa shape index (κ3) is 2.01. The lowest BCUT2D eigenvalue weighted by Crippen LogP contribution is -1.83. The van der Waals surface area contributed by atoms with Crippen LogP contribution in [0.3, 0.4) is 0 Å². The van der Waals surface area contributed by atoms with Crippen LogP contribution in [0.1, 0.15) is 11.1 Å². The SMILES string of the molecule is Cc1cccc(-c2cc(O)ccc2C)c1. The Bertz CT molecular complexity index is 486. The minimum atomic E-state index is 0.317. The van der Waals surface area contributed by atoms with Crippen LogP contribution < -0.4 is 0 Å². The van der Waals surface area contributed by atoms with Crippen LogP contribution in [-0.4, -0.2) is 5.11 Å². The largest absolute Gasteiger partial charge is 0.508 e. The van der Waals surface area contributed by atoms with Gasteiger partial charge in [-0.2, -0.15) is 0 Å². The Balaban J connectivity index is 2.58. The van der Waals surface area contributed by atoms with Gasteiger partial charge in [0.05, 0.1) is 0 Å². The number of hydrogen-bond donors (Lipinski definition) is 1. The van der Waals surface area contributed by atoms with E-state index >= 15 is 0 Å². The molecule has 0 radical (unpaired) electrons. The van der Waals surface area contributed by atoms with E-state index in [1.54, 1.807) is 6.07 Å². The maximum absolute atomic E-state index is 9.47. The Hall–Kier alpha value is -1.76. The van der Waals surface area contributed by atoms with E-state index in [0.717, 1.165) is 11.1 Å². The lowest BCUT2D eigenvalue weighted by atomic mass is 9.99. The molecule has 1 nitrogen and oxygen atoms in total. The second-order valence-corrected chi connectivity index (χ2v) is 3.87. The van der Waals surface area contributed by atoms with Crippen LogP contribution >= 0.6 is 0 Å². The fourth-order valence-electron chi connectivity index (χ4n) is 1.73. The van der Waals surface area contributed by atoms with E-state index in [9.17, 15) is 5.11 Å². The molecule has 0 fully saturated rings. The number of aromatic hydroxyl groups is 1. The average Bonchev–Trinajstić information content (AvgIpc) is 2.22. The zero-order valence-corrected chi connectivity index (χ0v) is 8.99. The minimum Gasteiger partial charge on any atom is -0.508 e. The minimum absolute atomic E-state index is 0.317. The molecule has 0 aliphatic carbocycles. The van der Waals surface area contributed by atoms with Crippen LogP contribution in [0.25, 0.3) is 11.1 Å². The standard InChI is InChI=1S/C14H14O/c1-10-4-3-5-12(8-10)14-9-13(15)7-6-11(14)2/h3-9,15H,1-2H3. The lowest BCUT2D eigenvalue weighted by molar-refractivity contribution is 0.475. The normalized spacial score (nSPS) is 10.3. The molecule has 0 aromatic heterocycles. The van der Waals surface area contributed by atoms with Gasteiger partial charge in [0, 0.05) is 0 Å². The van der Waals surface area contributed by atoms with E-state index in [-0.39, 0.29) is 0 Å². The molecule has 0 spiro atoms. The van der Waals surface area contributed by atoms with Gasteiger partial charge in [-0.05, 0) is 42.7 Å². The molecule has 0 atom stereocenters. The van der Waals surface area contributed by atoms with Crippen molar-refractivity contribution in [2.45, 2.75) is 13.8 Å². The fourth-order valence-corrected chi connectivity index (χ4v) is 1.73. The topological polar surface area (TPSA) is 20.2 Å². The summed E-state index contributed by atoms with van der Waals surface area (Å²) in [7, 11) is 0. The Labute approximate surface area is 90.0 Å². The Morgan fingerprint density at radius 1 is 0.933 bits per heavy atom. The molecule has 2 aromatic carbocycles. The van der Waals surface area contributed by atoms with Crippen LogP contribution in [0.15, 0.2) is 42.5 Å². The summed E-state index contributed by atoms with van der Waals surface area (Å²) in [4.78, 5) is 0. The number of benzene rings is 2. The Morgan fingerprint density at radius 2 is 1.73 bits per heavy atom. The second-order valence-electron chi connectivity index (χ2n) is 3.87. The van der Waals surface area contributed by atoms with Gasteiger partial charge in [0.2, 0.25) is 0 Å². The highest BCUT2D eigenvalue weighted by atomic mass is 16.3. The quantitative estimate of drug-likeness (QED) is 0.741. The molecule has 76 valence electrons. The van der Waals surface area contributed by atoms with Gasteiger partial charge < -0.3 is 5.11 Å². The van der Waals surface area contributed by atoms with Gasteiger partial charge in [-0.25, -0.2) is 0 Å². The van der Waals surface area contributed by atoms with Gasteiger partial charge in [0.25, 0.3) is 0 Å². The monoisotopic (exact) mass is 198 g/mol. The van der Waals surface area contributed by atoms with Gasteiger partial charge in [0.15, 0.2) is 0 Å². The molecule has 0 unspecified atom stereocenters. The van der Waals surface area contributed by atoms with E-state index in [2.05, 4.69) is 32.0 Å². The van der Waals surface area contributed by atoms with Crippen molar-refractivity contribution in [3.05, 3.63) is 53.6 Å². The van der Waals surface area contributed by atoms with E-state index in [1.165, 1.54) is 11.1 Å². The number of phenolic OH excluding ortho intramolecular Hbond substituents is 1. The van der Waals surface area contributed by atoms with Crippen LogP contribution in [0, 0.1) is 13.8 Å². The zero-order chi connectivity index (χ0) is 10.8. The van der Waals surface area contributed by atoms with Gasteiger partial charge in [-0.1, -0.05) is 35.9 Å². The molecule has 1 N–H and O–H groups in total. The third-order valence-corrected chi connectivity index (χ3v) is 2.55. The first-order valence-corrected chi connectivity index (χ1v) is 5.03. The summed E-state index contributed by atoms with van der Waals surface area (Å²) in [5, 5.41) is 9.47. The highest BCUT2D eigenvalue weighted by Crippen LogP contribution is 2.27. The highest BCUT2D eigenvalue weighted by Gasteiger charge is 2.02. The van der Waals surface area contributed by atoms with Crippen molar-refractivity contribution < 1.29 is 5.11 Å². The summed E-state index contributed by atoms with van der Waals surface area (Å²) in [5.41, 5.74) is 4.66. The number of aryl methyl sites for hydroxylation is 2. The van der Waals surface area contributed by atoms with E-state index < -0.39 is 0 Å². The van der Waals surface area contributed by atoms with Crippen molar-refractivity contribution in [1.29, 1.82) is 0 Å². The van der Waals surface area contributed by atoms with Crippen molar-refractivity contribution in [3.63, 3.8) is 0 Å². The van der Waals surface area contributed by atoms with Crippen molar-refractivity contribution in [1.82, 2.24) is 0 Å². The molecule has 0 amide bonds. The first-order valence-electron chi connectivity index (χ1n) is 5.03. The summed E-state index contributed by atoms with van der Waals surface area (Å²) in [6.45, 7) is 4.12. The van der Waals surface area contributed by atoms with Crippen molar-refractivity contribution in [3.8, 4) is 16.9 Å². The summed E-state index contributed by atoms with van der Waals surface area (Å²) in [6.07, 6.45) is 0. The molecule has 2 aromatic rings. The molecule has 0 heterocycles. The fraction of sp³-hybridized carbons (Fsp3) is 0.143. The molecule has 0 aliphatic heterocycles. The van der Waals surface area contributed by atoms with Crippen molar-refractivity contribution in [2.75, 3.05) is 0 Å². The first-order chi connectivity index (χ1) is 7.16. The molecular formula is C14H14O. The van der Waals surface area contributed by atoms with Gasteiger partial charge in [-0.3, -0.25) is 0 Å². The summed E-state index contributed by atoms with van der Waals surface area (Å²) >= 11 is 0. The Kier molecular flexibility index (Phi) is 2.46. The van der Waals surface area contributed by atoms with Crippen molar-refractivity contribution >= 4 is 0 Å². The number of hydrogen-bond acceptors (Lipinski definition) is 1. The molecule has 2 rings (SSSR count). The summed E-state index contributed by atoms with van der Waals surface area (Å²) < 4.78 is 0. The van der Waals surface area contributed by atoms with E-state index in [4.69, 9.17) is 0 Å². The van der Waals surface area contributed by atoms with Crippen LogP contribution in [0.5, 0.6) is 5.75 Å². The average molecular weight is 198 g/mol. The van der Waals surface area contributed by atoms with E-state index in [1.807, 2.05) is 18.2 Å². The smallest absolute Gasteiger partial charge is 0.116 e. The maximum Gasteiger partial charge on any atom is 0.116 e. The van der Waals surface area contributed by atoms with Gasteiger partial charge in [0.1, 0.15) is 5.75 Å². The van der Waals surface area contributed by atoms with Gasteiger partial charge >= 0.3 is 0 Å². The summed E-state index contributed by atoms with van der Waals surface area (Å²) in [6, 6.07) is 13.8. The lowest BCUT2D eigenvalue weighted by Gasteiger charge is -2.07. The number of rotatable bonds is 1. The van der Waals surface area contributed by atoms with Crippen LogP contribution in [0.4, 0.5) is 0 Å². The molecule has 0 bridgehead atoms. The molecule has 0 saturated heterocycles. The molecule has 1 heteroatoms. The van der Waals surface area contributed by atoms with Crippen molar-refractivity contribution in [2.24, 2.45) is 0 Å². The first kappa shape index (κ1) is 9.78. The molecular weight excluding hydrogens is 184 g/mol.